The molecule has 1 aliphatic rings. The Morgan fingerprint density at radius 1 is 1.06 bits per heavy atom. The summed E-state index contributed by atoms with van der Waals surface area (Å²) < 4.78 is 10.8. The maximum Gasteiger partial charge on any atom is 0.329 e. The fourth-order valence-corrected chi connectivity index (χ4v) is 4.62. The molecule has 1 aliphatic heterocycles. The molecule has 182 valence electrons. The Bertz CT molecular complexity index is 886. The number of ketones is 1. The number of para-hydroxylation sites is 1. The van der Waals surface area contributed by atoms with Crippen LogP contribution in [0.15, 0.2) is 24.3 Å². The minimum absolute atomic E-state index is 0.0981. The maximum atomic E-state index is 13.0. The van der Waals surface area contributed by atoms with Gasteiger partial charge in [0.05, 0.1) is 12.2 Å². The Morgan fingerprint density at radius 3 is 2.18 bits per heavy atom. The molecule has 1 fully saturated rings. The third-order valence-electron chi connectivity index (χ3n) is 5.70. The van der Waals surface area contributed by atoms with E-state index in [1.165, 1.54) is 0 Å². The number of hydrogen-bond donors (Lipinski definition) is 1. The van der Waals surface area contributed by atoms with Crippen LogP contribution in [0.3, 0.4) is 0 Å². The number of nitrogens with zero attached hydrogens (tertiary/aromatic N) is 1. The number of carbonyl (C=O) groups is 4. The van der Waals surface area contributed by atoms with E-state index in [4.69, 9.17) is 9.47 Å². The smallest absolute Gasteiger partial charge is 0.329 e. The second-order valence-electron chi connectivity index (χ2n) is 9.98. The first kappa shape index (κ1) is 26.4. The molecule has 1 saturated heterocycles. The normalized spacial score (nSPS) is 17.9. The van der Waals surface area contributed by atoms with Crippen molar-refractivity contribution in [3.8, 4) is 5.75 Å². The highest BCUT2D eigenvalue weighted by Gasteiger charge is 2.47. The Balaban J connectivity index is 2.09. The van der Waals surface area contributed by atoms with Crippen LogP contribution >= 0.6 is 0 Å². The molecule has 2 amide bonds. The van der Waals surface area contributed by atoms with Gasteiger partial charge < -0.3 is 19.7 Å². The van der Waals surface area contributed by atoms with Gasteiger partial charge in [0.25, 0.3) is 11.8 Å². The standard InChI is InChI=1S/C25H36N2O6/c1-8-32-19-12-10-9-11-18(19)22(30)26-21(16(2)3)23(31)33-15-20(29)27-24(4,5)13-17(28)14-25(27,6)7/h9-12,16,21H,8,13-15H2,1-7H3,(H,26,30)/t21-/m0/s1. The van der Waals surface area contributed by atoms with Crippen molar-refractivity contribution in [2.75, 3.05) is 13.2 Å². The van der Waals surface area contributed by atoms with Gasteiger partial charge in [-0.15, -0.1) is 0 Å². The molecular formula is C25H36N2O6. The molecule has 1 aromatic rings. The summed E-state index contributed by atoms with van der Waals surface area (Å²) in [7, 11) is 0. The van der Waals surface area contributed by atoms with Crippen LogP contribution in [0.1, 0.15) is 71.7 Å². The van der Waals surface area contributed by atoms with Crippen molar-refractivity contribution < 1.29 is 28.7 Å². The van der Waals surface area contributed by atoms with Gasteiger partial charge >= 0.3 is 5.97 Å². The van der Waals surface area contributed by atoms with Gasteiger partial charge in [-0.25, -0.2) is 4.79 Å². The number of likely N-dealkylation sites (tertiary alicyclic amines) is 1. The molecule has 0 bridgehead atoms. The fraction of sp³-hybridized carbons (Fsp3) is 0.600. The van der Waals surface area contributed by atoms with Crippen molar-refractivity contribution in [3.63, 3.8) is 0 Å². The zero-order valence-electron chi connectivity index (χ0n) is 20.7. The number of Topliss-reactive ketones (excluding diaryl/α,β-unsaturated/α-hetero) is 1. The third-order valence-corrected chi connectivity index (χ3v) is 5.70. The molecule has 0 aliphatic carbocycles. The predicted molar refractivity (Wildman–Crippen MR) is 124 cm³/mol. The average Bonchev–Trinajstić information content (AvgIpc) is 2.68. The molecule has 0 spiro atoms. The SMILES string of the molecule is CCOc1ccccc1C(=O)N[C@H](C(=O)OCC(=O)N1C(C)(C)CC(=O)CC1(C)C)C(C)C. The largest absolute Gasteiger partial charge is 0.493 e. The molecule has 1 heterocycles. The zero-order valence-corrected chi connectivity index (χ0v) is 20.7. The summed E-state index contributed by atoms with van der Waals surface area (Å²) in [5, 5.41) is 2.71. The minimum atomic E-state index is -0.941. The van der Waals surface area contributed by atoms with Crippen LogP contribution in [-0.4, -0.2) is 58.8 Å². The molecule has 1 aromatic carbocycles. The number of esters is 1. The number of nitrogens with one attached hydrogen (secondary N) is 1. The van der Waals surface area contributed by atoms with Gasteiger partial charge in [-0.3, -0.25) is 14.4 Å². The minimum Gasteiger partial charge on any atom is -0.493 e. The van der Waals surface area contributed by atoms with E-state index >= 15 is 0 Å². The van der Waals surface area contributed by atoms with Crippen molar-refractivity contribution in [1.29, 1.82) is 0 Å². The number of ether oxygens (including phenoxy) is 2. The van der Waals surface area contributed by atoms with E-state index in [9.17, 15) is 19.2 Å². The second kappa shape index (κ2) is 10.4. The van der Waals surface area contributed by atoms with Crippen LogP contribution in [0, 0.1) is 5.92 Å². The van der Waals surface area contributed by atoms with Crippen molar-refractivity contribution in [2.24, 2.45) is 5.92 Å². The lowest BCUT2D eigenvalue weighted by Crippen LogP contribution is -2.64. The Kier molecular flexibility index (Phi) is 8.27. The van der Waals surface area contributed by atoms with E-state index < -0.39 is 35.6 Å². The van der Waals surface area contributed by atoms with E-state index in [1.54, 1.807) is 43.0 Å². The summed E-state index contributed by atoms with van der Waals surface area (Å²) >= 11 is 0. The highest BCUT2D eigenvalue weighted by atomic mass is 16.5. The van der Waals surface area contributed by atoms with Gasteiger partial charge in [0.1, 0.15) is 17.6 Å². The first-order chi connectivity index (χ1) is 15.3. The third kappa shape index (κ3) is 6.33. The summed E-state index contributed by atoms with van der Waals surface area (Å²) in [4.78, 5) is 52.4. The lowest BCUT2D eigenvalue weighted by molar-refractivity contribution is -0.164. The monoisotopic (exact) mass is 460 g/mol. The second-order valence-corrected chi connectivity index (χ2v) is 9.98. The molecule has 8 heteroatoms. The molecular weight excluding hydrogens is 424 g/mol. The number of piperidine rings is 1. The molecule has 1 N–H and O–H groups in total. The van der Waals surface area contributed by atoms with Gasteiger partial charge in [0, 0.05) is 23.9 Å². The number of carbonyl (C=O) groups excluding carboxylic acids is 4. The number of hydrogen-bond acceptors (Lipinski definition) is 6. The van der Waals surface area contributed by atoms with Gasteiger partial charge in [0.15, 0.2) is 6.61 Å². The summed E-state index contributed by atoms with van der Waals surface area (Å²) in [5.74, 6) is -1.27. The van der Waals surface area contributed by atoms with E-state index in [0.29, 0.717) is 17.9 Å². The molecule has 2 rings (SSSR count). The summed E-state index contributed by atoms with van der Waals surface area (Å²) in [6.07, 6.45) is 0.500. The summed E-state index contributed by atoms with van der Waals surface area (Å²) in [6, 6.07) is 5.84. The topological polar surface area (TPSA) is 102 Å². The van der Waals surface area contributed by atoms with Crippen LogP contribution in [-0.2, 0) is 19.1 Å². The van der Waals surface area contributed by atoms with Gasteiger partial charge in [-0.2, -0.15) is 0 Å². The number of amides is 2. The van der Waals surface area contributed by atoms with Crippen molar-refractivity contribution in [3.05, 3.63) is 29.8 Å². The Hall–Kier alpha value is -2.90. The molecule has 0 radical (unpaired) electrons. The highest BCUT2D eigenvalue weighted by molar-refractivity contribution is 5.99. The molecule has 1 atom stereocenters. The first-order valence-electron chi connectivity index (χ1n) is 11.3. The van der Waals surface area contributed by atoms with Crippen LogP contribution in [0.4, 0.5) is 0 Å². The predicted octanol–water partition coefficient (Wildman–Crippen LogP) is 3.13. The van der Waals surface area contributed by atoms with Gasteiger partial charge in [0.2, 0.25) is 0 Å². The average molecular weight is 461 g/mol. The molecule has 0 unspecified atom stereocenters. The Morgan fingerprint density at radius 2 is 1.64 bits per heavy atom. The van der Waals surface area contributed by atoms with Crippen LogP contribution in [0.25, 0.3) is 0 Å². The van der Waals surface area contributed by atoms with E-state index in [-0.39, 0.29) is 30.4 Å². The molecule has 8 nitrogen and oxygen atoms in total. The van der Waals surface area contributed by atoms with Crippen LogP contribution in [0.2, 0.25) is 0 Å². The van der Waals surface area contributed by atoms with Gasteiger partial charge in [-0.1, -0.05) is 26.0 Å². The summed E-state index contributed by atoms with van der Waals surface area (Å²) in [6.45, 7) is 12.6. The van der Waals surface area contributed by atoms with Crippen molar-refractivity contribution in [2.45, 2.75) is 78.4 Å². The lowest BCUT2D eigenvalue weighted by Gasteiger charge is -2.52. The fourth-order valence-electron chi connectivity index (χ4n) is 4.62. The van der Waals surface area contributed by atoms with Crippen LogP contribution < -0.4 is 10.1 Å². The quantitative estimate of drug-likeness (QED) is 0.598. The van der Waals surface area contributed by atoms with Crippen molar-refractivity contribution in [1.82, 2.24) is 10.2 Å². The molecule has 33 heavy (non-hydrogen) atoms. The van der Waals surface area contributed by atoms with Crippen LogP contribution in [0.5, 0.6) is 5.75 Å². The first-order valence-corrected chi connectivity index (χ1v) is 11.3. The van der Waals surface area contributed by atoms with E-state index in [2.05, 4.69) is 5.32 Å². The zero-order chi connectivity index (χ0) is 25.0. The van der Waals surface area contributed by atoms with E-state index in [1.807, 2.05) is 34.6 Å². The maximum absolute atomic E-state index is 13.0. The summed E-state index contributed by atoms with van der Waals surface area (Å²) in [5.41, 5.74) is -1.05. The number of rotatable bonds is 8. The Labute approximate surface area is 196 Å². The van der Waals surface area contributed by atoms with E-state index in [0.717, 1.165) is 0 Å². The highest BCUT2D eigenvalue weighted by Crippen LogP contribution is 2.36. The van der Waals surface area contributed by atoms with Gasteiger partial charge in [-0.05, 0) is 52.7 Å². The molecule has 0 aromatic heterocycles. The van der Waals surface area contributed by atoms with Crippen molar-refractivity contribution >= 4 is 23.6 Å². The molecule has 0 saturated carbocycles. The lowest BCUT2D eigenvalue weighted by atomic mass is 9.79. The number of benzene rings is 1.